The Bertz CT molecular complexity index is 3160. The Morgan fingerprint density at radius 1 is 0.614 bits per heavy atom. The van der Waals surface area contributed by atoms with Crippen LogP contribution in [-0.2, 0) is 11.8 Å². The van der Waals surface area contributed by atoms with E-state index < -0.39 is 5.41 Å². The van der Waals surface area contributed by atoms with Gasteiger partial charge in [0, 0.05) is 52.7 Å². The summed E-state index contributed by atoms with van der Waals surface area (Å²) >= 11 is 0. The van der Waals surface area contributed by atoms with Gasteiger partial charge in [-0.3, -0.25) is 9.55 Å². The van der Waals surface area contributed by atoms with Crippen molar-refractivity contribution in [1.82, 2.24) is 24.4 Å². The molecule has 9 aromatic rings. The minimum absolute atomic E-state index is 0.469. The molecule has 4 aromatic heterocycles. The molecular weight excluding hydrogens is 695 g/mol. The van der Waals surface area contributed by atoms with Crippen molar-refractivity contribution in [3.05, 3.63) is 210 Å². The van der Waals surface area contributed by atoms with E-state index in [0.717, 1.165) is 36.4 Å². The number of benzene rings is 5. The van der Waals surface area contributed by atoms with Crippen molar-refractivity contribution in [3.8, 4) is 33.6 Å². The Balaban J connectivity index is 0.996. The summed E-state index contributed by atoms with van der Waals surface area (Å²) < 4.78 is 4.75. The maximum Gasteiger partial charge on any atom is 0.145 e. The quantitative estimate of drug-likeness (QED) is 0.192. The number of aryl methyl sites for hydroxylation is 1. The lowest BCUT2D eigenvalue weighted by Gasteiger charge is -2.35. The number of nitrogens with zero attached hydrogens (tertiary/aromatic N) is 4. The largest absolute Gasteiger partial charge is 0.387 e. The monoisotopic (exact) mass is 731 g/mol. The zero-order valence-electron chi connectivity index (χ0n) is 31.2. The molecule has 0 saturated heterocycles. The number of rotatable bonds is 5. The van der Waals surface area contributed by atoms with Gasteiger partial charge in [0.15, 0.2) is 0 Å². The molecule has 0 radical (unpaired) electrons. The summed E-state index contributed by atoms with van der Waals surface area (Å²) in [6.07, 6.45) is 19.1. The van der Waals surface area contributed by atoms with Crippen LogP contribution < -0.4 is 5.32 Å². The molecule has 5 nitrogen and oxygen atoms in total. The second-order valence-corrected chi connectivity index (χ2v) is 15.3. The summed E-state index contributed by atoms with van der Waals surface area (Å²) in [5.74, 6) is 0. The number of hydrogen-bond donors (Lipinski definition) is 1. The Morgan fingerprint density at radius 3 is 2.18 bits per heavy atom. The minimum atomic E-state index is -0.469. The molecule has 1 atom stereocenters. The Hall–Kier alpha value is -7.24. The van der Waals surface area contributed by atoms with Crippen molar-refractivity contribution < 1.29 is 0 Å². The summed E-state index contributed by atoms with van der Waals surface area (Å²) in [5, 5.41) is 7.18. The Labute approximate surface area is 330 Å². The summed E-state index contributed by atoms with van der Waals surface area (Å²) in [7, 11) is 0. The normalized spacial score (nSPS) is 16.7. The molecule has 1 N–H and O–H groups in total. The minimum Gasteiger partial charge on any atom is -0.387 e. The van der Waals surface area contributed by atoms with E-state index in [1.165, 1.54) is 83.0 Å². The smallest absolute Gasteiger partial charge is 0.145 e. The van der Waals surface area contributed by atoms with Crippen LogP contribution in [0.2, 0.25) is 0 Å². The summed E-state index contributed by atoms with van der Waals surface area (Å²) in [6.45, 7) is 0.791. The highest BCUT2D eigenvalue weighted by molar-refractivity contribution is 6.18. The maximum atomic E-state index is 4.81. The van der Waals surface area contributed by atoms with Gasteiger partial charge in [0.05, 0.1) is 22.1 Å². The average Bonchev–Trinajstić information content (AvgIpc) is 3.92. The number of fused-ring (bicyclic) bond motifs is 10. The third-order valence-corrected chi connectivity index (χ3v) is 12.5. The lowest BCUT2D eigenvalue weighted by Crippen LogP contribution is -2.31. The fraction of sp³-hybridized carbons (Fsp3) is 0.0769. The van der Waals surface area contributed by atoms with Crippen molar-refractivity contribution >= 4 is 38.9 Å². The number of hydrogen-bond acceptors (Lipinski definition) is 3. The molecule has 0 spiro atoms. The van der Waals surface area contributed by atoms with Gasteiger partial charge in [-0.05, 0) is 142 Å². The van der Waals surface area contributed by atoms with Gasteiger partial charge in [-0.25, -0.2) is 4.98 Å². The maximum absolute atomic E-state index is 4.81. The number of para-hydroxylation sites is 1. The molecule has 1 unspecified atom stereocenters. The van der Waals surface area contributed by atoms with Crippen LogP contribution in [-0.4, -0.2) is 25.6 Å². The zero-order valence-corrected chi connectivity index (χ0v) is 31.2. The first-order chi connectivity index (χ1) is 28.3. The van der Waals surface area contributed by atoms with Crippen LogP contribution in [0.25, 0.3) is 72.5 Å². The Kier molecular flexibility index (Phi) is 6.96. The van der Waals surface area contributed by atoms with Gasteiger partial charge in [-0.2, -0.15) is 0 Å². The van der Waals surface area contributed by atoms with Crippen molar-refractivity contribution in [2.45, 2.75) is 18.3 Å². The van der Waals surface area contributed by atoms with Gasteiger partial charge in [0.25, 0.3) is 0 Å². The van der Waals surface area contributed by atoms with E-state index >= 15 is 0 Å². The van der Waals surface area contributed by atoms with Gasteiger partial charge >= 0.3 is 0 Å². The van der Waals surface area contributed by atoms with Crippen LogP contribution in [0.1, 0.15) is 34.4 Å². The molecule has 5 aromatic carbocycles. The van der Waals surface area contributed by atoms with Gasteiger partial charge in [-0.15, -0.1) is 0 Å². The predicted molar refractivity (Wildman–Crippen MR) is 233 cm³/mol. The Morgan fingerprint density at radius 2 is 1.37 bits per heavy atom. The van der Waals surface area contributed by atoms with Crippen LogP contribution >= 0.6 is 0 Å². The van der Waals surface area contributed by atoms with Gasteiger partial charge in [-0.1, -0.05) is 84.9 Å². The fourth-order valence-electron chi connectivity index (χ4n) is 10.2. The predicted octanol–water partition coefficient (Wildman–Crippen LogP) is 11.5. The first-order valence-electron chi connectivity index (χ1n) is 19.8. The molecule has 57 heavy (non-hydrogen) atoms. The van der Waals surface area contributed by atoms with E-state index in [2.05, 4.69) is 177 Å². The molecule has 1 aliphatic heterocycles. The molecule has 270 valence electrons. The molecule has 0 bridgehead atoms. The van der Waals surface area contributed by atoms with Crippen molar-refractivity contribution in [2.24, 2.45) is 0 Å². The van der Waals surface area contributed by atoms with E-state index in [-0.39, 0.29) is 0 Å². The second-order valence-electron chi connectivity index (χ2n) is 15.3. The molecule has 2 aliphatic carbocycles. The third-order valence-electron chi connectivity index (χ3n) is 12.5. The molecule has 0 fully saturated rings. The van der Waals surface area contributed by atoms with Crippen molar-refractivity contribution in [1.29, 1.82) is 0 Å². The third kappa shape index (κ3) is 4.51. The van der Waals surface area contributed by atoms with Crippen molar-refractivity contribution in [2.75, 3.05) is 6.54 Å². The molecule has 5 heteroatoms. The number of dihydropyridines is 1. The number of aromatic nitrogens is 4. The number of pyridine rings is 2. The van der Waals surface area contributed by atoms with Crippen molar-refractivity contribution in [3.63, 3.8) is 0 Å². The summed E-state index contributed by atoms with van der Waals surface area (Å²) in [4.78, 5) is 9.25. The van der Waals surface area contributed by atoms with Gasteiger partial charge in [0.2, 0.25) is 0 Å². The number of nitrogens with one attached hydrogen (secondary N) is 1. The van der Waals surface area contributed by atoms with E-state index in [0.29, 0.717) is 0 Å². The molecule has 3 aliphatic rings. The van der Waals surface area contributed by atoms with Crippen LogP contribution in [0.4, 0.5) is 0 Å². The first-order valence-corrected chi connectivity index (χ1v) is 19.8. The lowest BCUT2D eigenvalue weighted by atomic mass is 9.67. The molecule has 0 saturated carbocycles. The van der Waals surface area contributed by atoms with Gasteiger partial charge in [0.1, 0.15) is 5.65 Å². The SMILES string of the molecule is C1=Cc2c(c3cccnc3n2-c2ccc(-c3ccc(-n4c5ccccc5c5c6c(ccc54)C(C4=CCNC=C4)(c4ccncc4)c4ccccc4-6)cc3)cc2)CC1. The van der Waals surface area contributed by atoms with Crippen LogP contribution in [0.15, 0.2) is 182 Å². The van der Waals surface area contributed by atoms with E-state index in [9.17, 15) is 0 Å². The van der Waals surface area contributed by atoms with Crippen LogP contribution in [0, 0.1) is 0 Å². The van der Waals surface area contributed by atoms with E-state index in [1.807, 2.05) is 24.7 Å². The fourth-order valence-corrected chi connectivity index (χ4v) is 10.2. The first kappa shape index (κ1) is 32.0. The lowest BCUT2D eigenvalue weighted by molar-refractivity contribution is 0.748. The number of allylic oxidation sites excluding steroid dienone is 3. The standard InChI is InChI=1S/C52H37N5/c1-4-12-44-42(9-1)49-45(52(44,36-25-30-53-31-26-36)37-27-32-54-33-28-37)23-24-48-50(49)43-10-3-6-14-47(43)56(48)38-19-15-34(16-20-38)35-17-21-39(22-18-35)57-46-13-5-2-8-40(46)41-11-7-29-55-51(41)57/h1,3-7,9-32,54H,2,8,33H2. The molecule has 12 rings (SSSR count). The average molecular weight is 732 g/mol. The van der Waals surface area contributed by atoms with E-state index in [1.54, 1.807) is 0 Å². The zero-order chi connectivity index (χ0) is 37.5. The highest BCUT2D eigenvalue weighted by Crippen LogP contribution is 2.59. The van der Waals surface area contributed by atoms with E-state index in [4.69, 9.17) is 4.98 Å². The topological polar surface area (TPSA) is 47.7 Å². The van der Waals surface area contributed by atoms with Gasteiger partial charge < -0.3 is 9.88 Å². The summed E-state index contributed by atoms with van der Waals surface area (Å²) in [5.41, 5.74) is 17.9. The summed E-state index contributed by atoms with van der Waals surface area (Å²) in [6, 6.07) is 49.2. The molecular formula is C52H37N5. The highest BCUT2D eigenvalue weighted by atomic mass is 15.1. The molecule has 5 heterocycles. The van der Waals surface area contributed by atoms with Crippen LogP contribution in [0.5, 0.6) is 0 Å². The van der Waals surface area contributed by atoms with Crippen LogP contribution in [0.3, 0.4) is 0 Å². The highest BCUT2D eigenvalue weighted by Gasteiger charge is 2.48. The molecule has 0 amide bonds. The second kappa shape index (κ2) is 12.4.